The molecule has 0 unspecified atom stereocenters. The summed E-state index contributed by atoms with van der Waals surface area (Å²) >= 11 is 0. The molecule has 146 valence electrons. The van der Waals surface area contributed by atoms with Gasteiger partial charge in [0.1, 0.15) is 0 Å². The molecule has 0 N–H and O–H groups in total. The van der Waals surface area contributed by atoms with Gasteiger partial charge in [-0.2, -0.15) is 0 Å². The van der Waals surface area contributed by atoms with Crippen LogP contribution in [0.4, 0.5) is 0 Å². The van der Waals surface area contributed by atoms with Crippen LogP contribution in [0.3, 0.4) is 0 Å². The van der Waals surface area contributed by atoms with Crippen LogP contribution < -0.4 is 5.56 Å². The van der Waals surface area contributed by atoms with Gasteiger partial charge in [0.2, 0.25) is 5.78 Å². The predicted octanol–water partition coefficient (Wildman–Crippen LogP) is 2.75. The van der Waals surface area contributed by atoms with Crippen LogP contribution in [0.15, 0.2) is 59.4 Å². The average molecular weight is 388 g/mol. The molecule has 1 aliphatic rings. The van der Waals surface area contributed by atoms with Gasteiger partial charge >= 0.3 is 5.97 Å². The monoisotopic (exact) mass is 388 g/mol. The fraction of sp³-hybridized carbons (Fsp3) is 0.273. The number of hydrogen-bond acceptors (Lipinski definition) is 5. The van der Waals surface area contributed by atoms with Crippen molar-refractivity contribution in [3.05, 3.63) is 76.3 Å². The van der Waals surface area contributed by atoms with Crippen LogP contribution in [-0.4, -0.2) is 25.1 Å². The topological polar surface area (TPSA) is 78.5 Å². The Bertz CT molecular complexity index is 1290. The van der Waals surface area contributed by atoms with Crippen LogP contribution in [0.1, 0.15) is 30.7 Å². The first kappa shape index (κ1) is 17.6. The molecule has 1 fully saturated rings. The molecule has 0 spiro atoms. The van der Waals surface area contributed by atoms with E-state index < -0.39 is 5.41 Å². The SMILES string of the molecule is Cn1c(=O)c2ccccc2n2c(COC(=O)C3(c4ccccc4)CCC3)nnc12. The Morgan fingerprint density at radius 3 is 2.52 bits per heavy atom. The zero-order valence-electron chi connectivity index (χ0n) is 16.0. The second-order valence-corrected chi connectivity index (χ2v) is 7.51. The summed E-state index contributed by atoms with van der Waals surface area (Å²) in [5.41, 5.74) is 0.983. The van der Waals surface area contributed by atoms with Crippen LogP contribution in [0, 0.1) is 0 Å². The molecule has 1 aliphatic carbocycles. The number of para-hydroxylation sites is 1. The third-order valence-electron chi connectivity index (χ3n) is 5.95. The van der Waals surface area contributed by atoms with Gasteiger partial charge < -0.3 is 4.74 Å². The number of carbonyl (C=O) groups excluding carboxylic acids is 1. The third kappa shape index (κ3) is 2.57. The zero-order chi connectivity index (χ0) is 20.0. The minimum Gasteiger partial charge on any atom is -0.457 e. The van der Waals surface area contributed by atoms with Gasteiger partial charge in [-0.3, -0.25) is 18.6 Å². The summed E-state index contributed by atoms with van der Waals surface area (Å²) in [6, 6.07) is 17.1. The molecule has 7 heteroatoms. The van der Waals surface area contributed by atoms with Crippen LogP contribution in [0.5, 0.6) is 0 Å². The maximum Gasteiger partial charge on any atom is 0.317 e. The number of nitrogens with zero attached hydrogens (tertiary/aromatic N) is 4. The summed E-state index contributed by atoms with van der Waals surface area (Å²) in [6.45, 7) is -0.00319. The lowest BCUT2D eigenvalue weighted by molar-refractivity contribution is -0.156. The summed E-state index contributed by atoms with van der Waals surface area (Å²) < 4.78 is 8.96. The minimum atomic E-state index is -0.573. The van der Waals surface area contributed by atoms with Crippen molar-refractivity contribution >= 4 is 22.6 Å². The Balaban J connectivity index is 1.50. The molecule has 5 rings (SSSR count). The highest BCUT2D eigenvalue weighted by Gasteiger charge is 2.47. The van der Waals surface area contributed by atoms with Gasteiger partial charge in [0.05, 0.1) is 16.3 Å². The molecule has 0 atom stereocenters. The van der Waals surface area contributed by atoms with E-state index in [0.717, 1.165) is 24.8 Å². The van der Waals surface area contributed by atoms with Crippen molar-refractivity contribution in [1.29, 1.82) is 0 Å². The summed E-state index contributed by atoms with van der Waals surface area (Å²) in [6.07, 6.45) is 2.58. The van der Waals surface area contributed by atoms with Crippen molar-refractivity contribution in [1.82, 2.24) is 19.2 Å². The van der Waals surface area contributed by atoms with Crippen molar-refractivity contribution < 1.29 is 9.53 Å². The first-order valence-corrected chi connectivity index (χ1v) is 9.66. The standard InChI is InChI=1S/C22H20N4O3/c1-25-19(27)16-10-5-6-11-17(16)26-18(23-24-21(25)26)14-29-20(28)22(12-7-13-22)15-8-3-2-4-9-15/h2-6,8-11H,7,12-14H2,1H3. The molecule has 2 aromatic carbocycles. The van der Waals surface area contributed by atoms with Crippen molar-refractivity contribution in [2.75, 3.05) is 0 Å². The van der Waals surface area contributed by atoms with Gasteiger partial charge in [0, 0.05) is 7.05 Å². The summed E-state index contributed by atoms with van der Waals surface area (Å²) in [4.78, 5) is 25.6. The van der Waals surface area contributed by atoms with Gasteiger partial charge in [0.25, 0.3) is 5.56 Å². The summed E-state index contributed by atoms with van der Waals surface area (Å²) in [7, 11) is 1.66. The van der Waals surface area contributed by atoms with Crippen LogP contribution >= 0.6 is 0 Å². The molecule has 7 nitrogen and oxygen atoms in total. The predicted molar refractivity (Wildman–Crippen MR) is 108 cm³/mol. The van der Waals surface area contributed by atoms with E-state index >= 15 is 0 Å². The fourth-order valence-corrected chi connectivity index (χ4v) is 4.15. The normalized spacial score (nSPS) is 15.3. The molecule has 0 radical (unpaired) electrons. The number of esters is 1. The number of aryl methyl sites for hydroxylation is 1. The Morgan fingerprint density at radius 1 is 1.07 bits per heavy atom. The largest absolute Gasteiger partial charge is 0.457 e. The highest BCUT2D eigenvalue weighted by atomic mass is 16.5. The molecule has 0 bridgehead atoms. The molecule has 4 aromatic rings. The second kappa shape index (κ2) is 6.55. The van der Waals surface area contributed by atoms with E-state index in [0.29, 0.717) is 22.5 Å². The Labute approximate surface area is 166 Å². The number of carbonyl (C=O) groups is 1. The van der Waals surface area contributed by atoms with Gasteiger partial charge in [0.15, 0.2) is 12.4 Å². The molecule has 2 aromatic heterocycles. The van der Waals surface area contributed by atoms with Gasteiger partial charge in [-0.1, -0.05) is 48.9 Å². The van der Waals surface area contributed by atoms with Crippen LogP contribution in [-0.2, 0) is 28.6 Å². The smallest absolute Gasteiger partial charge is 0.317 e. The lowest BCUT2D eigenvalue weighted by Gasteiger charge is -2.39. The van der Waals surface area contributed by atoms with E-state index in [1.165, 1.54) is 4.57 Å². The van der Waals surface area contributed by atoms with Crippen molar-refractivity contribution in [3.8, 4) is 0 Å². The molecular weight excluding hydrogens is 368 g/mol. The van der Waals surface area contributed by atoms with E-state index in [2.05, 4.69) is 10.2 Å². The Kier molecular flexibility index (Phi) is 3.97. The third-order valence-corrected chi connectivity index (χ3v) is 5.95. The maximum atomic E-state index is 13.0. The van der Waals surface area contributed by atoms with Crippen LogP contribution in [0.25, 0.3) is 16.7 Å². The minimum absolute atomic E-state index is 0.00319. The number of rotatable bonds is 4. The molecule has 1 saturated carbocycles. The van der Waals surface area contributed by atoms with Gasteiger partial charge in [-0.25, -0.2) is 0 Å². The van der Waals surface area contributed by atoms with Crippen molar-refractivity contribution in [2.45, 2.75) is 31.3 Å². The first-order valence-electron chi connectivity index (χ1n) is 9.66. The Morgan fingerprint density at radius 2 is 1.79 bits per heavy atom. The number of ether oxygens (including phenoxy) is 1. The van der Waals surface area contributed by atoms with E-state index in [9.17, 15) is 9.59 Å². The lowest BCUT2D eigenvalue weighted by atomic mass is 9.64. The zero-order valence-corrected chi connectivity index (χ0v) is 16.0. The van der Waals surface area contributed by atoms with Gasteiger partial charge in [-0.15, -0.1) is 10.2 Å². The van der Waals surface area contributed by atoms with Crippen LogP contribution in [0.2, 0.25) is 0 Å². The molecule has 0 amide bonds. The number of fused-ring (bicyclic) bond motifs is 3. The average Bonchev–Trinajstić information content (AvgIpc) is 3.15. The quantitative estimate of drug-likeness (QED) is 0.502. The van der Waals surface area contributed by atoms with E-state index in [4.69, 9.17) is 4.74 Å². The molecule has 29 heavy (non-hydrogen) atoms. The fourth-order valence-electron chi connectivity index (χ4n) is 4.15. The maximum absolute atomic E-state index is 13.0. The van der Waals surface area contributed by atoms with E-state index in [-0.39, 0.29) is 18.1 Å². The van der Waals surface area contributed by atoms with Crippen molar-refractivity contribution in [3.63, 3.8) is 0 Å². The highest BCUT2D eigenvalue weighted by Crippen LogP contribution is 2.44. The molecular formula is C22H20N4O3. The van der Waals surface area contributed by atoms with Gasteiger partial charge in [-0.05, 0) is 30.5 Å². The molecule has 0 aliphatic heterocycles. The molecule has 0 saturated heterocycles. The number of hydrogen-bond donors (Lipinski definition) is 0. The van der Waals surface area contributed by atoms with E-state index in [1.54, 1.807) is 17.5 Å². The van der Waals surface area contributed by atoms with E-state index in [1.807, 2.05) is 48.5 Å². The second-order valence-electron chi connectivity index (χ2n) is 7.51. The summed E-state index contributed by atoms with van der Waals surface area (Å²) in [5.74, 6) is 0.671. The number of aromatic nitrogens is 4. The Hall–Kier alpha value is -3.48. The lowest BCUT2D eigenvalue weighted by Crippen LogP contribution is -2.43. The first-order chi connectivity index (χ1) is 14.1. The highest BCUT2D eigenvalue weighted by molar-refractivity contribution is 5.84. The summed E-state index contributed by atoms with van der Waals surface area (Å²) in [5, 5.41) is 8.90. The van der Waals surface area contributed by atoms with Crippen molar-refractivity contribution in [2.24, 2.45) is 7.05 Å². The molecule has 2 heterocycles. The number of benzene rings is 2.